The van der Waals surface area contributed by atoms with E-state index in [1.54, 1.807) is 0 Å². The average Bonchev–Trinajstić information content (AvgIpc) is 2.34. The van der Waals surface area contributed by atoms with E-state index in [0.29, 0.717) is 19.6 Å². The highest BCUT2D eigenvalue weighted by molar-refractivity contribution is 6.60. The molecule has 2 nitrogen and oxygen atoms in total. The molecule has 0 aromatic heterocycles. The van der Waals surface area contributed by atoms with Crippen molar-refractivity contribution in [1.82, 2.24) is 0 Å². The molecular weight excluding hydrogens is 259 g/mol. The van der Waals surface area contributed by atoms with Gasteiger partial charge in [-0.2, -0.15) is 0 Å². The number of ether oxygens (including phenoxy) is 1. The number of hydrogen-bond acceptors (Lipinski definition) is 2. The largest absolute Gasteiger partial charge is 0.377 e. The SMILES string of the molecule is O=C1CC(CCOCc2ccccc2)C1(Cl)Cl. The molecule has 92 valence electrons. The van der Waals surface area contributed by atoms with E-state index in [2.05, 4.69) is 0 Å². The minimum absolute atomic E-state index is 0.0362. The Morgan fingerprint density at radius 1 is 1.29 bits per heavy atom. The molecule has 1 aromatic rings. The first-order valence-electron chi connectivity index (χ1n) is 5.63. The van der Waals surface area contributed by atoms with Gasteiger partial charge in [-0.25, -0.2) is 0 Å². The standard InChI is InChI=1S/C13H14Cl2O2/c14-13(15)11(8-12(13)16)6-7-17-9-10-4-2-1-3-5-10/h1-5,11H,6-9H2. The van der Waals surface area contributed by atoms with Gasteiger partial charge >= 0.3 is 0 Å². The molecule has 1 aliphatic rings. The van der Waals surface area contributed by atoms with Crippen LogP contribution in [-0.2, 0) is 16.1 Å². The van der Waals surface area contributed by atoms with E-state index in [4.69, 9.17) is 27.9 Å². The lowest BCUT2D eigenvalue weighted by Gasteiger charge is -2.37. The summed E-state index contributed by atoms with van der Waals surface area (Å²) in [5, 5.41) is 0. The van der Waals surface area contributed by atoms with Crippen molar-refractivity contribution in [3.05, 3.63) is 35.9 Å². The highest BCUT2D eigenvalue weighted by Gasteiger charge is 2.51. The Labute approximate surface area is 111 Å². The molecular formula is C13H14Cl2O2. The lowest BCUT2D eigenvalue weighted by Crippen LogP contribution is -2.47. The topological polar surface area (TPSA) is 26.3 Å². The minimum Gasteiger partial charge on any atom is -0.377 e. The predicted molar refractivity (Wildman–Crippen MR) is 68.3 cm³/mol. The highest BCUT2D eigenvalue weighted by Crippen LogP contribution is 2.46. The van der Waals surface area contributed by atoms with Gasteiger partial charge in [-0.05, 0) is 12.0 Å². The molecule has 0 N–H and O–H groups in total. The molecule has 4 heteroatoms. The Bertz CT molecular complexity index is 390. The summed E-state index contributed by atoms with van der Waals surface area (Å²) in [5.41, 5.74) is 1.14. The number of hydrogen-bond donors (Lipinski definition) is 0. The smallest absolute Gasteiger partial charge is 0.179 e. The number of halogens is 2. The summed E-state index contributed by atoms with van der Waals surface area (Å²) >= 11 is 11.8. The van der Waals surface area contributed by atoms with Crippen LogP contribution in [0.2, 0.25) is 0 Å². The summed E-state index contributed by atoms with van der Waals surface area (Å²) in [6.07, 6.45) is 1.20. The van der Waals surface area contributed by atoms with Crippen molar-refractivity contribution in [1.29, 1.82) is 0 Å². The van der Waals surface area contributed by atoms with Crippen LogP contribution in [0.15, 0.2) is 30.3 Å². The molecule has 1 atom stereocenters. The van der Waals surface area contributed by atoms with Gasteiger partial charge in [0, 0.05) is 18.9 Å². The van der Waals surface area contributed by atoms with E-state index in [9.17, 15) is 4.79 Å². The second-order valence-electron chi connectivity index (χ2n) is 4.27. The van der Waals surface area contributed by atoms with Gasteiger partial charge in [0.25, 0.3) is 0 Å². The van der Waals surface area contributed by atoms with Crippen LogP contribution in [0.1, 0.15) is 18.4 Å². The Hall–Kier alpha value is -0.570. The van der Waals surface area contributed by atoms with E-state index >= 15 is 0 Å². The van der Waals surface area contributed by atoms with E-state index in [1.807, 2.05) is 30.3 Å². The maximum Gasteiger partial charge on any atom is 0.179 e. The third-order valence-corrected chi connectivity index (χ3v) is 4.08. The second-order valence-corrected chi connectivity index (χ2v) is 5.66. The molecule has 1 unspecified atom stereocenters. The molecule has 0 bridgehead atoms. The van der Waals surface area contributed by atoms with Crippen LogP contribution in [0, 0.1) is 5.92 Å². The number of carbonyl (C=O) groups is 1. The summed E-state index contributed by atoms with van der Waals surface area (Å²) in [5.74, 6) is -0.0389. The zero-order valence-electron chi connectivity index (χ0n) is 9.36. The number of carbonyl (C=O) groups excluding carboxylic acids is 1. The number of ketones is 1. The molecule has 0 radical (unpaired) electrons. The molecule has 0 heterocycles. The number of rotatable bonds is 5. The Morgan fingerprint density at radius 2 is 2.00 bits per heavy atom. The molecule has 2 rings (SSSR count). The first-order valence-corrected chi connectivity index (χ1v) is 6.39. The summed E-state index contributed by atoms with van der Waals surface area (Å²) in [4.78, 5) is 11.1. The van der Waals surface area contributed by atoms with Crippen LogP contribution in [0.4, 0.5) is 0 Å². The number of Topliss-reactive ketones (excluding diaryl/α,β-unsaturated/α-hetero) is 1. The summed E-state index contributed by atoms with van der Waals surface area (Å²) < 4.78 is 4.36. The monoisotopic (exact) mass is 272 g/mol. The van der Waals surface area contributed by atoms with Crippen molar-refractivity contribution >= 4 is 29.0 Å². The van der Waals surface area contributed by atoms with Gasteiger partial charge in [-0.3, -0.25) is 4.79 Å². The highest BCUT2D eigenvalue weighted by atomic mass is 35.5. The molecule has 0 aliphatic heterocycles. The van der Waals surface area contributed by atoms with Gasteiger partial charge in [0.1, 0.15) is 0 Å². The Morgan fingerprint density at radius 3 is 2.59 bits per heavy atom. The van der Waals surface area contributed by atoms with Crippen molar-refractivity contribution in [3.8, 4) is 0 Å². The van der Waals surface area contributed by atoms with Crippen molar-refractivity contribution in [2.24, 2.45) is 5.92 Å². The Balaban J connectivity index is 1.66. The molecule has 0 spiro atoms. The molecule has 1 aromatic carbocycles. The van der Waals surface area contributed by atoms with E-state index in [0.717, 1.165) is 12.0 Å². The summed E-state index contributed by atoms with van der Waals surface area (Å²) in [6.45, 7) is 1.16. The minimum atomic E-state index is -1.17. The third kappa shape index (κ3) is 3.01. The van der Waals surface area contributed by atoms with Gasteiger partial charge < -0.3 is 4.74 Å². The first-order chi connectivity index (χ1) is 8.10. The maximum absolute atomic E-state index is 11.1. The van der Waals surface area contributed by atoms with Gasteiger partial charge in [0.05, 0.1) is 6.61 Å². The Kier molecular flexibility index (Phi) is 4.08. The molecule has 0 amide bonds. The van der Waals surface area contributed by atoms with Crippen LogP contribution in [0.25, 0.3) is 0 Å². The molecule has 1 saturated carbocycles. The van der Waals surface area contributed by atoms with Crippen LogP contribution < -0.4 is 0 Å². The fraction of sp³-hybridized carbons (Fsp3) is 0.462. The first kappa shape index (κ1) is 12.9. The van der Waals surface area contributed by atoms with Crippen LogP contribution in [0.5, 0.6) is 0 Å². The molecule has 17 heavy (non-hydrogen) atoms. The third-order valence-electron chi connectivity index (χ3n) is 3.04. The fourth-order valence-electron chi connectivity index (χ4n) is 1.86. The van der Waals surface area contributed by atoms with E-state index in [-0.39, 0.29) is 11.7 Å². The van der Waals surface area contributed by atoms with Gasteiger partial charge in [-0.1, -0.05) is 53.5 Å². The van der Waals surface area contributed by atoms with Crippen molar-refractivity contribution in [2.45, 2.75) is 23.8 Å². The normalized spacial score (nSPS) is 22.2. The van der Waals surface area contributed by atoms with Crippen molar-refractivity contribution in [2.75, 3.05) is 6.61 Å². The number of benzene rings is 1. The molecule has 0 saturated heterocycles. The van der Waals surface area contributed by atoms with Crippen LogP contribution in [0.3, 0.4) is 0 Å². The van der Waals surface area contributed by atoms with Gasteiger partial charge in [-0.15, -0.1) is 0 Å². The molecule has 1 fully saturated rings. The lowest BCUT2D eigenvalue weighted by molar-refractivity contribution is -0.128. The number of alkyl halides is 2. The zero-order chi connectivity index (χ0) is 12.3. The maximum atomic E-state index is 11.1. The van der Waals surface area contributed by atoms with Crippen LogP contribution >= 0.6 is 23.2 Å². The average molecular weight is 273 g/mol. The zero-order valence-corrected chi connectivity index (χ0v) is 10.9. The summed E-state index contributed by atoms with van der Waals surface area (Å²) in [7, 11) is 0. The van der Waals surface area contributed by atoms with E-state index in [1.165, 1.54) is 0 Å². The second kappa shape index (κ2) is 5.38. The predicted octanol–water partition coefficient (Wildman–Crippen LogP) is 3.36. The van der Waals surface area contributed by atoms with E-state index < -0.39 is 4.33 Å². The van der Waals surface area contributed by atoms with Gasteiger partial charge in [0.15, 0.2) is 10.1 Å². The lowest BCUT2D eigenvalue weighted by atomic mass is 9.80. The van der Waals surface area contributed by atoms with Crippen LogP contribution in [-0.4, -0.2) is 16.7 Å². The summed E-state index contributed by atoms with van der Waals surface area (Å²) in [6, 6.07) is 9.96. The van der Waals surface area contributed by atoms with Gasteiger partial charge in [0.2, 0.25) is 0 Å². The van der Waals surface area contributed by atoms with Crippen molar-refractivity contribution in [3.63, 3.8) is 0 Å². The van der Waals surface area contributed by atoms with Crippen molar-refractivity contribution < 1.29 is 9.53 Å². The molecule has 1 aliphatic carbocycles. The quantitative estimate of drug-likeness (QED) is 0.607. The fourth-order valence-corrected chi connectivity index (χ4v) is 2.38.